The molecule has 4 amide bonds. The number of amides is 4. The first-order valence-corrected chi connectivity index (χ1v) is 13.7. The standard InChI is InChI=1S/C27H26F6N8O5/c1-12(42)35-8-14-4-18(41-20(14)21(34)37-11-38-41)13-3-16(22(46-2)36-7-13)24(44)40(25(45)27(31,32)33)19-10-39(9-17(19)28)23(43)15-5-26(29,30)6-15/h3-4,7,11,15,17,19H,5-6,8-10H2,1-2H3,(H,35,42)(H2,34,37,38)/t17-,19+/m0/s1. The fourth-order valence-electron chi connectivity index (χ4n) is 5.54. The molecular formula is C27H26F6N8O5. The molecule has 0 unspecified atom stereocenters. The van der Waals surface area contributed by atoms with Gasteiger partial charge in [0.1, 0.15) is 23.6 Å². The van der Waals surface area contributed by atoms with Crippen LogP contribution in [0.15, 0.2) is 24.7 Å². The molecule has 1 aliphatic heterocycles. The number of hydrogen-bond acceptors (Lipinski definition) is 9. The van der Waals surface area contributed by atoms with Gasteiger partial charge in [0.25, 0.3) is 5.91 Å². The first-order valence-electron chi connectivity index (χ1n) is 13.7. The molecule has 19 heteroatoms. The van der Waals surface area contributed by atoms with Crippen molar-refractivity contribution in [1.29, 1.82) is 0 Å². The molecule has 5 rings (SSSR count). The van der Waals surface area contributed by atoms with E-state index in [4.69, 9.17) is 10.5 Å². The summed E-state index contributed by atoms with van der Waals surface area (Å²) in [6.45, 7) is -0.403. The smallest absolute Gasteiger partial charge is 0.471 e. The predicted octanol–water partition coefficient (Wildman–Crippen LogP) is 2.14. The van der Waals surface area contributed by atoms with Crippen molar-refractivity contribution in [2.75, 3.05) is 25.9 Å². The lowest BCUT2D eigenvalue weighted by atomic mass is 9.80. The van der Waals surface area contributed by atoms with Crippen LogP contribution in [0.3, 0.4) is 0 Å². The summed E-state index contributed by atoms with van der Waals surface area (Å²) in [6, 6.07) is 0.453. The number of fused-ring (bicyclic) bond motifs is 1. The van der Waals surface area contributed by atoms with E-state index in [1.165, 1.54) is 23.7 Å². The van der Waals surface area contributed by atoms with Crippen LogP contribution in [-0.4, -0.2) is 97.5 Å². The lowest BCUT2D eigenvalue weighted by molar-refractivity contribution is -0.185. The Morgan fingerprint density at radius 2 is 1.85 bits per heavy atom. The monoisotopic (exact) mass is 656 g/mol. The van der Waals surface area contributed by atoms with Gasteiger partial charge in [0.15, 0.2) is 5.82 Å². The number of carbonyl (C=O) groups excluding carboxylic acids is 4. The van der Waals surface area contributed by atoms with E-state index < -0.39 is 85.3 Å². The summed E-state index contributed by atoms with van der Waals surface area (Å²) in [4.78, 5) is 59.0. The van der Waals surface area contributed by atoms with Crippen molar-refractivity contribution < 1.29 is 50.3 Å². The van der Waals surface area contributed by atoms with Gasteiger partial charge in [-0.3, -0.25) is 24.1 Å². The fourth-order valence-corrected chi connectivity index (χ4v) is 5.54. The molecule has 0 spiro atoms. The Kier molecular flexibility index (Phi) is 8.28. The second-order valence-electron chi connectivity index (χ2n) is 10.9. The minimum atomic E-state index is -5.65. The third-order valence-corrected chi connectivity index (χ3v) is 7.74. The Labute approximate surface area is 255 Å². The van der Waals surface area contributed by atoms with Crippen molar-refractivity contribution in [2.24, 2.45) is 5.92 Å². The number of likely N-dealkylation sites (tertiary alicyclic amines) is 1. The minimum Gasteiger partial charge on any atom is -0.480 e. The van der Waals surface area contributed by atoms with Gasteiger partial charge in [0.05, 0.1) is 25.4 Å². The molecule has 13 nitrogen and oxygen atoms in total. The molecule has 246 valence electrons. The number of anilines is 1. The number of nitrogens with two attached hydrogens (primary N) is 1. The van der Waals surface area contributed by atoms with Crippen molar-refractivity contribution in [2.45, 2.75) is 50.6 Å². The summed E-state index contributed by atoms with van der Waals surface area (Å²) >= 11 is 0. The van der Waals surface area contributed by atoms with Crippen LogP contribution in [0.5, 0.6) is 5.88 Å². The SMILES string of the molecule is COc1ncc(-c2cc(CNC(C)=O)c3c(N)ncnn23)cc1C(=O)N(C(=O)C(F)(F)F)[C@@H]1CN(C(=O)C2CC(F)(F)C2)C[C@@H]1F. The number of alkyl halides is 6. The molecule has 4 heterocycles. The second kappa shape index (κ2) is 11.8. The lowest BCUT2D eigenvalue weighted by Crippen LogP contribution is -2.54. The van der Waals surface area contributed by atoms with Gasteiger partial charge in [-0.1, -0.05) is 0 Å². The zero-order valence-electron chi connectivity index (χ0n) is 24.1. The molecule has 3 aromatic heterocycles. The van der Waals surface area contributed by atoms with Crippen molar-refractivity contribution in [3.05, 3.63) is 35.8 Å². The molecule has 0 bridgehead atoms. The second-order valence-corrected chi connectivity index (χ2v) is 10.9. The largest absolute Gasteiger partial charge is 0.480 e. The van der Waals surface area contributed by atoms with Crippen molar-refractivity contribution in [3.63, 3.8) is 0 Å². The Bertz CT molecular complexity index is 1720. The highest BCUT2D eigenvalue weighted by Gasteiger charge is 2.55. The molecule has 2 aliphatic rings. The molecule has 3 N–H and O–H groups in total. The number of nitrogen functional groups attached to an aromatic ring is 1. The number of hydrogen-bond donors (Lipinski definition) is 2. The van der Waals surface area contributed by atoms with Crippen molar-refractivity contribution in [1.82, 2.24) is 34.7 Å². The molecule has 2 atom stereocenters. The number of methoxy groups -OCH3 is 1. The highest BCUT2D eigenvalue weighted by atomic mass is 19.4. The van der Waals surface area contributed by atoms with Gasteiger partial charge >= 0.3 is 12.1 Å². The molecule has 1 aliphatic carbocycles. The Morgan fingerprint density at radius 3 is 2.46 bits per heavy atom. The van der Waals surface area contributed by atoms with Crippen LogP contribution in [0, 0.1) is 5.92 Å². The summed E-state index contributed by atoms with van der Waals surface area (Å²) in [7, 11) is 1.06. The van der Waals surface area contributed by atoms with E-state index in [0.29, 0.717) is 5.56 Å². The highest BCUT2D eigenvalue weighted by Crippen LogP contribution is 2.44. The highest BCUT2D eigenvalue weighted by molar-refractivity contribution is 6.08. The van der Waals surface area contributed by atoms with E-state index in [-0.39, 0.29) is 39.9 Å². The van der Waals surface area contributed by atoms with Gasteiger partial charge in [0.2, 0.25) is 23.6 Å². The number of carbonyl (C=O) groups is 4. The zero-order chi connectivity index (χ0) is 33.7. The normalized spacial score (nSPS) is 19.5. The Morgan fingerprint density at radius 1 is 1.15 bits per heavy atom. The topological polar surface area (TPSA) is 165 Å². The van der Waals surface area contributed by atoms with Gasteiger partial charge in [-0.2, -0.15) is 18.3 Å². The molecule has 1 saturated carbocycles. The average molecular weight is 657 g/mol. The predicted molar refractivity (Wildman–Crippen MR) is 145 cm³/mol. The quantitative estimate of drug-likeness (QED) is 0.363. The first kappa shape index (κ1) is 32.4. The number of aromatic nitrogens is 4. The zero-order valence-corrected chi connectivity index (χ0v) is 24.1. The van der Waals surface area contributed by atoms with Crippen LogP contribution in [0.4, 0.5) is 32.2 Å². The number of ether oxygens (including phenoxy) is 1. The van der Waals surface area contributed by atoms with Crippen molar-refractivity contribution >= 4 is 35.0 Å². The number of rotatable bonds is 7. The summed E-state index contributed by atoms with van der Waals surface area (Å²) in [6.07, 6.45) is -7.28. The van der Waals surface area contributed by atoms with Gasteiger partial charge in [-0.25, -0.2) is 27.7 Å². The molecule has 1 saturated heterocycles. The van der Waals surface area contributed by atoms with Crippen LogP contribution < -0.4 is 15.8 Å². The number of imide groups is 1. The number of halogens is 6. The Balaban J connectivity index is 1.54. The van der Waals surface area contributed by atoms with E-state index in [9.17, 15) is 41.1 Å². The first-order chi connectivity index (χ1) is 21.5. The van der Waals surface area contributed by atoms with Crippen molar-refractivity contribution in [3.8, 4) is 17.1 Å². The molecule has 2 fully saturated rings. The Hall–Kier alpha value is -4.97. The number of nitrogens with zero attached hydrogens (tertiary/aromatic N) is 6. The van der Waals surface area contributed by atoms with Gasteiger partial charge in [-0.05, 0) is 12.1 Å². The van der Waals surface area contributed by atoms with Crippen LogP contribution in [0.1, 0.15) is 35.7 Å². The van der Waals surface area contributed by atoms with Crippen LogP contribution >= 0.6 is 0 Å². The van der Waals surface area contributed by atoms with E-state index in [1.807, 2.05) is 0 Å². The van der Waals surface area contributed by atoms with Crippen LogP contribution in [-0.2, 0) is 20.9 Å². The van der Waals surface area contributed by atoms with Gasteiger partial charge in [0, 0.05) is 56.1 Å². The van der Waals surface area contributed by atoms with Crippen LogP contribution in [0.2, 0.25) is 0 Å². The maximum atomic E-state index is 15.3. The summed E-state index contributed by atoms with van der Waals surface area (Å²) < 4.78 is 89.8. The maximum absolute atomic E-state index is 15.3. The van der Waals surface area contributed by atoms with Gasteiger partial charge < -0.3 is 20.7 Å². The lowest BCUT2D eigenvalue weighted by Gasteiger charge is -2.36. The number of pyridine rings is 1. The molecule has 3 aromatic rings. The third-order valence-electron chi connectivity index (χ3n) is 7.74. The fraction of sp³-hybridized carbons (Fsp3) is 0.444. The molecule has 46 heavy (non-hydrogen) atoms. The van der Waals surface area contributed by atoms with Crippen LogP contribution in [0.25, 0.3) is 16.8 Å². The average Bonchev–Trinajstić information content (AvgIpc) is 3.55. The molecule has 0 aromatic carbocycles. The summed E-state index contributed by atoms with van der Waals surface area (Å²) in [5, 5.41) is 6.73. The van der Waals surface area contributed by atoms with E-state index in [0.717, 1.165) is 24.4 Å². The van der Waals surface area contributed by atoms with E-state index in [2.05, 4.69) is 20.4 Å². The van der Waals surface area contributed by atoms with E-state index >= 15 is 4.39 Å². The minimum absolute atomic E-state index is 0.0151. The summed E-state index contributed by atoms with van der Waals surface area (Å²) in [5.74, 6) is -10.4. The number of nitrogens with one attached hydrogen (secondary N) is 1. The van der Waals surface area contributed by atoms with E-state index in [1.54, 1.807) is 0 Å². The summed E-state index contributed by atoms with van der Waals surface area (Å²) in [5.41, 5.74) is 6.31. The molecule has 0 radical (unpaired) electrons. The van der Waals surface area contributed by atoms with Gasteiger partial charge in [-0.15, -0.1) is 0 Å². The third kappa shape index (κ3) is 6.00. The molecular weight excluding hydrogens is 630 g/mol. The maximum Gasteiger partial charge on any atom is 0.471 e.